The number of carbonyl (C=O) groups excluding carboxylic acids is 1. The lowest BCUT2D eigenvalue weighted by atomic mass is 9.49. The summed E-state index contributed by atoms with van der Waals surface area (Å²) in [6.45, 7) is 7.25. The molecule has 0 amide bonds. The second kappa shape index (κ2) is 6.15. The molecule has 2 saturated carbocycles. The van der Waals surface area contributed by atoms with Crippen molar-refractivity contribution in [2.45, 2.75) is 78.6 Å². The molecule has 0 saturated heterocycles. The maximum atomic E-state index is 11.8. The number of allylic oxidation sites excluding steroid dienone is 4. The normalized spacial score (nSPS) is 42.5. The van der Waals surface area contributed by atoms with E-state index in [0.717, 1.165) is 42.4 Å². The summed E-state index contributed by atoms with van der Waals surface area (Å²) in [6.07, 6.45) is 15.9. The van der Waals surface area contributed by atoms with Crippen molar-refractivity contribution >= 4 is 5.78 Å². The maximum Gasteiger partial charge on any atom is 0.155 e. The first-order chi connectivity index (χ1) is 11.6. The predicted molar refractivity (Wildman–Crippen MR) is 99.6 cm³/mol. The average molecular weight is 327 g/mol. The lowest BCUT2D eigenvalue weighted by Gasteiger charge is -2.55. The van der Waals surface area contributed by atoms with Gasteiger partial charge in [-0.05, 0) is 92.4 Å². The van der Waals surface area contributed by atoms with Crippen LogP contribution < -0.4 is 0 Å². The highest BCUT2D eigenvalue weighted by atomic mass is 16.1. The van der Waals surface area contributed by atoms with Gasteiger partial charge in [0.25, 0.3) is 0 Å². The zero-order valence-electron chi connectivity index (χ0n) is 15.8. The van der Waals surface area contributed by atoms with Gasteiger partial charge < -0.3 is 0 Å². The minimum Gasteiger partial charge on any atom is -0.295 e. The smallest absolute Gasteiger partial charge is 0.155 e. The lowest BCUT2D eigenvalue weighted by molar-refractivity contribution is -0.116. The molecule has 0 spiro atoms. The van der Waals surface area contributed by atoms with Crippen LogP contribution >= 0.6 is 0 Å². The zero-order valence-corrected chi connectivity index (χ0v) is 15.8. The van der Waals surface area contributed by atoms with E-state index in [2.05, 4.69) is 26.8 Å². The summed E-state index contributed by atoms with van der Waals surface area (Å²) in [5, 5.41) is 0. The summed E-state index contributed by atoms with van der Waals surface area (Å²) < 4.78 is 0. The van der Waals surface area contributed by atoms with Crippen LogP contribution in [-0.2, 0) is 4.79 Å². The van der Waals surface area contributed by atoms with Crippen LogP contribution in [0.25, 0.3) is 0 Å². The first-order valence-corrected chi connectivity index (χ1v) is 10.5. The molecule has 6 atom stereocenters. The van der Waals surface area contributed by atoms with Crippen LogP contribution in [0.3, 0.4) is 0 Å². The van der Waals surface area contributed by atoms with Gasteiger partial charge in [0.1, 0.15) is 0 Å². The monoisotopic (exact) mass is 326 g/mol. The number of carbonyl (C=O) groups is 1. The molecule has 0 aromatic heterocycles. The van der Waals surface area contributed by atoms with Gasteiger partial charge in [-0.3, -0.25) is 4.79 Å². The molecular formula is C23H34O. The van der Waals surface area contributed by atoms with E-state index in [9.17, 15) is 4.79 Å². The minimum absolute atomic E-state index is 0.389. The number of hydrogen-bond acceptors (Lipinski definition) is 1. The number of rotatable bonds is 3. The molecule has 0 heterocycles. The molecule has 4 rings (SSSR count). The van der Waals surface area contributed by atoms with E-state index in [4.69, 9.17) is 0 Å². The van der Waals surface area contributed by atoms with Crippen LogP contribution in [0.4, 0.5) is 0 Å². The Bertz CT molecular complexity index is 583. The van der Waals surface area contributed by atoms with Crippen LogP contribution in [0.15, 0.2) is 23.3 Å². The van der Waals surface area contributed by atoms with E-state index in [0.29, 0.717) is 11.2 Å². The van der Waals surface area contributed by atoms with E-state index in [1.165, 1.54) is 50.5 Å². The summed E-state index contributed by atoms with van der Waals surface area (Å²) in [7, 11) is 0. The van der Waals surface area contributed by atoms with Gasteiger partial charge in [0.2, 0.25) is 0 Å². The lowest BCUT2D eigenvalue weighted by Crippen LogP contribution is -2.47. The summed E-state index contributed by atoms with van der Waals surface area (Å²) >= 11 is 0. The molecule has 5 unspecified atom stereocenters. The van der Waals surface area contributed by atoms with Crippen molar-refractivity contribution in [2.24, 2.45) is 35.0 Å². The Kier molecular flexibility index (Phi) is 4.25. The molecule has 0 aromatic carbocycles. The second-order valence-corrected chi connectivity index (χ2v) is 9.06. The molecule has 0 aliphatic heterocycles. The minimum atomic E-state index is 0.389. The Morgan fingerprint density at radius 3 is 2.75 bits per heavy atom. The van der Waals surface area contributed by atoms with Crippen LogP contribution in [-0.4, -0.2) is 5.78 Å². The Labute approximate surface area is 148 Å². The van der Waals surface area contributed by atoms with E-state index in [1.54, 1.807) is 0 Å². The molecule has 0 aromatic rings. The molecule has 4 aliphatic rings. The van der Waals surface area contributed by atoms with E-state index in [1.807, 2.05) is 11.6 Å². The zero-order chi connectivity index (χ0) is 16.9. The maximum absolute atomic E-state index is 11.8. The van der Waals surface area contributed by atoms with E-state index in [-0.39, 0.29) is 0 Å². The highest BCUT2D eigenvalue weighted by Crippen LogP contribution is 2.64. The van der Waals surface area contributed by atoms with Crippen molar-refractivity contribution in [2.75, 3.05) is 0 Å². The van der Waals surface area contributed by atoms with Gasteiger partial charge in [0.05, 0.1) is 0 Å². The van der Waals surface area contributed by atoms with Crippen molar-refractivity contribution in [1.82, 2.24) is 0 Å². The first kappa shape index (κ1) is 16.6. The van der Waals surface area contributed by atoms with E-state index < -0.39 is 0 Å². The number of ketones is 1. The van der Waals surface area contributed by atoms with Gasteiger partial charge in [-0.25, -0.2) is 0 Å². The molecule has 132 valence electrons. The standard InChI is InChI=1S/C23H34O/c1-4-15(3)21-10-11-22-20-8-6-16-14-17(24)7-9-18(16)19(20)12-13-23(21,22)5-2/h10,14-15,18-20,22H,4-9,11-13H2,1-3H3/t15?,18-,19?,20?,22?,23?/m0/s1. The van der Waals surface area contributed by atoms with Gasteiger partial charge in [0, 0.05) is 6.42 Å². The van der Waals surface area contributed by atoms with Crippen molar-refractivity contribution in [3.8, 4) is 0 Å². The SMILES string of the molecule is CCC(C)C1=CCC2C3CCC4=CC(=O)CC[C@@H]4C3CCC12CC. The van der Waals surface area contributed by atoms with Gasteiger partial charge in [0.15, 0.2) is 5.78 Å². The van der Waals surface area contributed by atoms with Crippen LogP contribution in [0.2, 0.25) is 0 Å². The van der Waals surface area contributed by atoms with Crippen molar-refractivity contribution in [3.05, 3.63) is 23.3 Å². The topological polar surface area (TPSA) is 17.1 Å². The van der Waals surface area contributed by atoms with Crippen LogP contribution in [0.1, 0.15) is 78.6 Å². The Morgan fingerprint density at radius 2 is 2.00 bits per heavy atom. The summed E-state index contributed by atoms with van der Waals surface area (Å²) in [6, 6.07) is 0. The third kappa shape index (κ3) is 2.30. The molecule has 2 fully saturated rings. The summed E-state index contributed by atoms with van der Waals surface area (Å²) in [4.78, 5) is 11.8. The number of fused-ring (bicyclic) bond motifs is 5. The molecule has 1 heteroatoms. The Morgan fingerprint density at radius 1 is 1.17 bits per heavy atom. The van der Waals surface area contributed by atoms with Gasteiger partial charge in [-0.15, -0.1) is 0 Å². The van der Waals surface area contributed by atoms with Crippen LogP contribution in [0.5, 0.6) is 0 Å². The third-order valence-corrected chi connectivity index (χ3v) is 8.45. The molecule has 4 aliphatic carbocycles. The fourth-order valence-electron chi connectivity index (χ4n) is 7.17. The second-order valence-electron chi connectivity index (χ2n) is 9.06. The van der Waals surface area contributed by atoms with Gasteiger partial charge >= 0.3 is 0 Å². The molecular weight excluding hydrogens is 292 g/mol. The van der Waals surface area contributed by atoms with E-state index >= 15 is 0 Å². The highest BCUT2D eigenvalue weighted by molar-refractivity contribution is 5.91. The van der Waals surface area contributed by atoms with Crippen molar-refractivity contribution < 1.29 is 4.79 Å². The fourth-order valence-corrected chi connectivity index (χ4v) is 7.17. The first-order valence-electron chi connectivity index (χ1n) is 10.5. The third-order valence-electron chi connectivity index (χ3n) is 8.45. The molecule has 1 nitrogen and oxygen atoms in total. The quantitative estimate of drug-likeness (QED) is 0.573. The predicted octanol–water partition coefficient (Wildman–Crippen LogP) is 6.10. The largest absolute Gasteiger partial charge is 0.295 e. The molecule has 0 N–H and O–H groups in total. The van der Waals surface area contributed by atoms with Crippen molar-refractivity contribution in [3.63, 3.8) is 0 Å². The summed E-state index contributed by atoms with van der Waals surface area (Å²) in [5.74, 6) is 4.56. The Hall–Kier alpha value is -0.850. The van der Waals surface area contributed by atoms with Gasteiger partial charge in [-0.1, -0.05) is 38.0 Å². The highest BCUT2D eigenvalue weighted by Gasteiger charge is 2.55. The Balaban J connectivity index is 1.62. The summed E-state index contributed by atoms with van der Waals surface area (Å²) in [5.41, 5.74) is 3.85. The fraction of sp³-hybridized carbons (Fsp3) is 0.783. The van der Waals surface area contributed by atoms with Crippen molar-refractivity contribution in [1.29, 1.82) is 0 Å². The van der Waals surface area contributed by atoms with Gasteiger partial charge in [-0.2, -0.15) is 0 Å². The number of hydrogen-bond donors (Lipinski definition) is 0. The molecule has 0 bridgehead atoms. The molecule has 24 heavy (non-hydrogen) atoms. The van der Waals surface area contributed by atoms with Crippen LogP contribution in [0, 0.1) is 35.0 Å². The average Bonchev–Trinajstić information content (AvgIpc) is 3.00. The molecule has 0 radical (unpaired) electrons.